The molecule has 0 bridgehead atoms. The van der Waals surface area contributed by atoms with Crippen LogP contribution in [0, 0.1) is 22.9 Å². The average molecular weight is 603 g/mol. The van der Waals surface area contributed by atoms with E-state index in [2.05, 4.69) is 15.2 Å². The Kier molecular flexibility index (Phi) is 7.00. The number of fused-ring (bicyclic) bond motifs is 1. The highest BCUT2D eigenvalue weighted by Gasteiger charge is 2.49. The SMILES string of the molecule is Cc1nc2ccccn2c1/C(O)=C1\C(=O)C(=O)N(c2nnc(SCc3ccc(F)cc3)s2)C1c1cccc([N+](=O)[O-])c1. The fourth-order valence-electron chi connectivity index (χ4n) is 4.76. The molecule has 5 aromatic rings. The zero-order valence-electron chi connectivity index (χ0n) is 21.7. The van der Waals surface area contributed by atoms with Gasteiger partial charge in [-0.1, -0.05) is 53.4 Å². The largest absolute Gasteiger partial charge is 0.505 e. The van der Waals surface area contributed by atoms with Crippen molar-refractivity contribution in [3.8, 4) is 0 Å². The van der Waals surface area contributed by atoms with Gasteiger partial charge >= 0.3 is 5.91 Å². The van der Waals surface area contributed by atoms with E-state index in [9.17, 15) is 29.2 Å². The number of non-ortho nitro benzene ring substituents is 1. The molecule has 0 radical (unpaired) electrons. The number of aryl methyl sites for hydroxylation is 1. The molecule has 6 rings (SSSR count). The van der Waals surface area contributed by atoms with Crippen molar-refractivity contribution in [3.05, 3.63) is 117 Å². The molecule has 1 amide bonds. The van der Waals surface area contributed by atoms with Crippen LogP contribution in [0.5, 0.6) is 0 Å². The summed E-state index contributed by atoms with van der Waals surface area (Å²) >= 11 is 2.36. The van der Waals surface area contributed by atoms with E-state index in [1.54, 1.807) is 47.9 Å². The van der Waals surface area contributed by atoms with Crippen LogP contribution in [0.15, 0.2) is 82.8 Å². The number of halogens is 1. The number of benzene rings is 2. The number of thioether (sulfide) groups is 1. The van der Waals surface area contributed by atoms with Crippen LogP contribution in [0.25, 0.3) is 11.4 Å². The van der Waals surface area contributed by atoms with Gasteiger partial charge in [-0.3, -0.25) is 29.0 Å². The lowest BCUT2D eigenvalue weighted by molar-refractivity contribution is -0.384. The molecule has 1 unspecified atom stereocenters. The Morgan fingerprint density at radius 2 is 1.90 bits per heavy atom. The van der Waals surface area contributed by atoms with Crippen molar-refractivity contribution in [1.82, 2.24) is 19.6 Å². The van der Waals surface area contributed by atoms with Gasteiger partial charge in [-0.05, 0) is 42.3 Å². The van der Waals surface area contributed by atoms with Crippen molar-refractivity contribution in [3.63, 3.8) is 0 Å². The molecule has 0 aliphatic carbocycles. The number of aliphatic hydroxyl groups excluding tert-OH is 1. The monoisotopic (exact) mass is 602 g/mol. The number of carbonyl (C=O) groups is 2. The molecule has 1 aliphatic heterocycles. The third-order valence-corrected chi connectivity index (χ3v) is 8.77. The van der Waals surface area contributed by atoms with Crippen LogP contribution in [-0.4, -0.2) is 41.3 Å². The van der Waals surface area contributed by atoms with Crippen LogP contribution in [0.3, 0.4) is 0 Å². The first kappa shape index (κ1) is 27.2. The predicted molar refractivity (Wildman–Crippen MR) is 154 cm³/mol. The van der Waals surface area contributed by atoms with Crippen molar-refractivity contribution in [2.24, 2.45) is 0 Å². The van der Waals surface area contributed by atoms with Crippen LogP contribution < -0.4 is 4.90 Å². The number of hydrogen-bond donors (Lipinski definition) is 1. The summed E-state index contributed by atoms with van der Waals surface area (Å²) in [5.74, 6) is -2.32. The molecular formula is C28H19FN6O5S2. The minimum absolute atomic E-state index is 0.0733. The number of Topliss-reactive ketones (excluding diaryl/α,β-unsaturated/α-hetero) is 1. The maximum absolute atomic E-state index is 13.6. The van der Waals surface area contributed by atoms with Gasteiger partial charge in [-0.15, -0.1) is 10.2 Å². The van der Waals surface area contributed by atoms with Gasteiger partial charge in [0.15, 0.2) is 10.1 Å². The van der Waals surface area contributed by atoms with Crippen LogP contribution in [0.1, 0.15) is 28.6 Å². The van der Waals surface area contributed by atoms with Gasteiger partial charge < -0.3 is 5.11 Å². The Bertz CT molecular complexity index is 1920. The van der Waals surface area contributed by atoms with Crippen LogP contribution >= 0.6 is 23.1 Å². The Morgan fingerprint density at radius 1 is 1.12 bits per heavy atom. The van der Waals surface area contributed by atoms with Crippen LogP contribution in [0.4, 0.5) is 15.2 Å². The van der Waals surface area contributed by atoms with E-state index in [0.29, 0.717) is 21.4 Å². The molecule has 3 aromatic heterocycles. The number of hydrogen-bond acceptors (Lipinski definition) is 10. The number of nitrogens with zero attached hydrogens (tertiary/aromatic N) is 6. The van der Waals surface area contributed by atoms with E-state index in [-0.39, 0.29) is 33.5 Å². The summed E-state index contributed by atoms with van der Waals surface area (Å²) in [6.45, 7) is 1.66. The Labute approximate surface area is 245 Å². The smallest absolute Gasteiger partial charge is 0.301 e. The molecule has 14 heteroatoms. The molecule has 4 heterocycles. The fourth-order valence-corrected chi connectivity index (χ4v) is 6.59. The van der Waals surface area contributed by atoms with Gasteiger partial charge in [0.2, 0.25) is 5.13 Å². The maximum atomic E-state index is 13.6. The number of carbonyl (C=O) groups excluding carboxylic acids is 2. The molecule has 1 N–H and O–H groups in total. The average Bonchev–Trinajstić information content (AvgIpc) is 3.66. The molecular weight excluding hydrogens is 583 g/mol. The van der Waals surface area contributed by atoms with Gasteiger partial charge in [0.05, 0.1) is 22.2 Å². The number of aliphatic hydroxyl groups is 1. The molecule has 1 saturated heterocycles. The lowest BCUT2D eigenvalue weighted by atomic mass is 9.96. The highest BCUT2D eigenvalue weighted by molar-refractivity contribution is 8.00. The quantitative estimate of drug-likeness (QED) is 0.0488. The highest BCUT2D eigenvalue weighted by atomic mass is 32.2. The lowest BCUT2D eigenvalue weighted by Crippen LogP contribution is -2.29. The predicted octanol–water partition coefficient (Wildman–Crippen LogP) is 5.46. The normalized spacial score (nSPS) is 16.4. The number of anilines is 1. The molecule has 0 spiro atoms. The number of rotatable bonds is 7. The van der Waals surface area contributed by atoms with E-state index < -0.39 is 28.4 Å². The van der Waals surface area contributed by atoms with Gasteiger partial charge in [0, 0.05) is 24.1 Å². The van der Waals surface area contributed by atoms with E-state index in [4.69, 9.17) is 0 Å². The van der Waals surface area contributed by atoms with Gasteiger partial charge in [0.1, 0.15) is 17.2 Å². The summed E-state index contributed by atoms with van der Waals surface area (Å²) in [6.07, 6.45) is 1.66. The third kappa shape index (κ3) is 4.80. The molecule has 42 heavy (non-hydrogen) atoms. The third-order valence-electron chi connectivity index (χ3n) is 6.65. The highest BCUT2D eigenvalue weighted by Crippen LogP contribution is 2.45. The number of pyridine rings is 1. The maximum Gasteiger partial charge on any atom is 0.301 e. The van der Waals surface area contributed by atoms with Gasteiger partial charge in [-0.2, -0.15) is 0 Å². The zero-order chi connectivity index (χ0) is 29.5. The molecule has 2 aromatic carbocycles. The summed E-state index contributed by atoms with van der Waals surface area (Å²) in [6, 6.07) is 15.5. The van der Waals surface area contributed by atoms with E-state index in [1.807, 2.05) is 0 Å². The number of aromatic nitrogens is 4. The summed E-state index contributed by atoms with van der Waals surface area (Å²) in [5.41, 5.74) is 1.71. The number of amides is 1. The first-order valence-electron chi connectivity index (χ1n) is 12.4. The Hall–Kier alpha value is -4.95. The second kappa shape index (κ2) is 10.8. The summed E-state index contributed by atoms with van der Waals surface area (Å²) in [5, 5.41) is 31.6. The second-order valence-electron chi connectivity index (χ2n) is 9.26. The Balaban J connectivity index is 1.46. The Morgan fingerprint density at radius 3 is 2.67 bits per heavy atom. The molecule has 11 nitrogen and oxygen atoms in total. The number of imidazole rings is 1. The minimum atomic E-state index is -1.23. The minimum Gasteiger partial charge on any atom is -0.505 e. The fraction of sp³-hybridized carbons (Fsp3) is 0.107. The van der Waals surface area contributed by atoms with Crippen molar-refractivity contribution in [1.29, 1.82) is 0 Å². The number of nitro benzene ring substituents is 1. The van der Waals surface area contributed by atoms with Crippen molar-refractivity contribution in [2.75, 3.05) is 4.90 Å². The number of ketones is 1. The van der Waals surface area contributed by atoms with E-state index in [1.165, 1.54) is 48.2 Å². The second-order valence-corrected chi connectivity index (χ2v) is 11.4. The van der Waals surface area contributed by atoms with Gasteiger partial charge in [-0.25, -0.2) is 9.37 Å². The number of nitro groups is 1. The summed E-state index contributed by atoms with van der Waals surface area (Å²) in [7, 11) is 0. The van der Waals surface area contributed by atoms with Crippen LogP contribution in [0.2, 0.25) is 0 Å². The van der Waals surface area contributed by atoms with E-state index in [0.717, 1.165) is 21.8 Å². The molecule has 1 fully saturated rings. The van der Waals surface area contributed by atoms with Crippen molar-refractivity contribution >= 4 is 57.0 Å². The van der Waals surface area contributed by atoms with Gasteiger partial charge in [0.25, 0.3) is 11.5 Å². The first-order valence-corrected chi connectivity index (χ1v) is 14.2. The molecule has 0 saturated carbocycles. The van der Waals surface area contributed by atoms with Crippen molar-refractivity contribution in [2.45, 2.75) is 23.1 Å². The topological polar surface area (TPSA) is 144 Å². The first-order chi connectivity index (χ1) is 20.2. The lowest BCUT2D eigenvalue weighted by Gasteiger charge is -2.22. The zero-order valence-corrected chi connectivity index (χ0v) is 23.3. The summed E-state index contributed by atoms with van der Waals surface area (Å²) < 4.78 is 15.3. The van der Waals surface area contributed by atoms with E-state index >= 15 is 0 Å². The molecule has 210 valence electrons. The molecule has 1 atom stereocenters. The van der Waals surface area contributed by atoms with Crippen LogP contribution in [-0.2, 0) is 15.3 Å². The molecule has 1 aliphatic rings. The van der Waals surface area contributed by atoms with Crippen molar-refractivity contribution < 1.29 is 24.0 Å². The summed E-state index contributed by atoms with van der Waals surface area (Å²) in [4.78, 5) is 43.7. The standard InChI is InChI=1S/C28H19FN6O5S2/c1-15-22(33-12-3-2-7-20(33)30-15)24(36)21-23(17-5-4-6-19(13-17)35(39)40)34(26(38)25(21)37)27-31-32-28(42-27)41-14-16-8-10-18(29)11-9-16/h2-13,23,36H,14H2,1H3/b24-21+.